The van der Waals surface area contributed by atoms with Crippen molar-refractivity contribution in [1.82, 2.24) is 0 Å². The number of rotatable bonds is 19. The van der Waals surface area contributed by atoms with Crippen LogP contribution >= 0.6 is 0 Å². The summed E-state index contributed by atoms with van der Waals surface area (Å²) in [6, 6.07) is 3.13. The molecule has 204 valence electrons. The molecular formula is C27H50O7Si. The average molecular weight is 515 g/mol. The first-order valence-electron chi connectivity index (χ1n) is 13.0. The largest absolute Gasteiger partial charge is 0.463 e. The summed E-state index contributed by atoms with van der Waals surface area (Å²) in [6.45, 7) is 16.6. The Morgan fingerprint density at radius 3 is 2.11 bits per heavy atom. The lowest BCUT2D eigenvalue weighted by Crippen LogP contribution is -2.51. The molecule has 0 bridgehead atoms. The summed E-state index contributed by atoms with van der Waals surface area (Å²) >= 11 is 0. The summed E-state index contributed by atoms with van der Waals surface area (Å²) in [6.07, 6.45) is 6.63. The second kappa shape index (κ2) is 17.9. The second-order valence-electron chi connectivity index (χ2n) is 9.25. The minimum atomic E-state index is -1.93. The molecule has 0 fully saturated rings. The molecule has 0 saturated heterocycles. The molecule has 0 spiro atoms. The molecule has 2 atom stereocenters. The molecule has 0 aromatic carbocycles. The monoisotopic (exact) mass is 514 g/mol. The van der Waals surface area contributed by atoms with Gasteiger partial charge >= 0.3 is 11.9 Å². The lowest BCUT2D eigenvalue weighted by atomic mass is 9.89. The van der Waals surface area contributed by atoms with Crippen molar-refractivity contribution < 1.29 is 33.0 Å². The van der Waals surface area contributed by atoms with Crippen molar-refractivity contribution in [3.05, 3.63) is 23.3 Å². The fraction of sp³-hybridized carbons (Fsp3) is 0.778. The van der Waals surface area contributed by atoms with Crippen LogP contribution in [0.2, 0.25) is 18.1 Å². The van der Waals surface area contributed by atoms with Crippen molar-refractivity contribution in [2.24, 2.45) is 0 Å². The Morgan fingerprint density at radius 1 is 0.971 bits per heavy atom. The van der Waals surface area contributed by atoms with E-state index < -0.39 is 13.9 Å². The van der Waals surface area contributed by atoms with Gasteiger partial charge in [0.15, 0.2) is 8.32 Å². The van der Waals surface area contributed by atoms with E-state index in [1.54, 1.807) is 21.0 Å². The van der Waals surface area contributed by atoms with E-state index in [9.17, 15) is 9.59 Å². The average Bonchev–Trinajstić information content (AvgIpc) is 2.83. The van der Waals surface area contributed by atoms with Crippen LogP contribution in [0.15, 0.2) is 23.3 Å². The molecule has 7 nitrogen and oxygen atoms in total. The normalized spacial score (nSPS) is 15.5. The lowest BCUT2D eigenvalue weighted by Gasteiger charge is -2.43. The molecule has 0 aliphatic heterocycles. The van der Waals surface area contributed by atoms with E-state index in [1.165, 1.54) is 6.92 Å². The third-order valence-corrected chi connectivity index (χ3v) is 11.4. The van der Waals surface area contributed by atoms with Crippen molar-refractivity contribution in [1.29, 1.82) is 0 Å². The molecule has 0 radical (unpaired) electrons. The highest BCUT2D eigenvalue weighted by atomic mass is 28.4. The van der Waals surface area contributed by atoms with E-state index in [0.717, 1.165) is 36.5 Å². The number of carbonyl (C=O) groups excluding carboxylic acids is 2. The Hall–Kier alpha value is -1.48. The quantitative estimate of drug-likeness (QED) is 0.0654. The topological polar surface area (TPSA) is 80.3 Å². The predicted octanol–water partition coefficient (Wildman–Crippen LogP) is 6.34. The van der Waals surface area contributed by atoms with Gasteiger partial charge in [0.1, 0.15) is 13.4 Å². The number of hydrogen-bond donors (Lipinski definition) is 0. The van der Waals surface area contributed by atoms with Gasteiger partial charge in [0.25, 0.3) is 0 Å². The lowest BCUT2D eigenvalue weighted by molar-refractivity contribution is -0.168. The van der Waals surface area contributed by atoms with Crippen molar-refractivity contribution in [3.8, 4) is 0 Å². The van der Waals surface area contributed by atoms with Crippen LogP contribution in [0.1, 0.15) is 81.1 Å². The van der Waals surface area contributed by atoms with Crippen LogP contribution in [-0.4, -0.2) is 59.1 Å². The van der Waals surface area contributed by atoms with E-state index >= 15 is 0 Å². The van der Waals surface area contributed by atoms with Gasteiger partial charge < -0.3 is 23.4 Å². The molecule has 35 heavy (non-hydrogen) atoms. The second-order valence-corrected chi connectivity index (χ2v) is 14.0. The Morgan fingerprint density at radius 2 is 1.60 bits per heavy atom. The van der Waals surface area contributed by atoms with Crippen molar-refractivity contribution in [2.45, 2.75) is 111 Å². The molecule has 0 saturated carbocycles. The molecule has 8 heteroatoms. The van der Waals surface area contributed by atoms with Crippen LogP contribution in [0, 0.1) is 0 Å². The SMILES string of the molecule is CCOC(=O)/C(C)=C/CC[C@](C)(OCOC)[C@@H](CC/C(C)=C/COC(C)=O)O[Si](CC)(CC)CC. The smallest absolute Gasteiger partial charge is 0.333 e. The number of hydrogen-bond acceptors (Lipinski definition) is 7. The first kappa shape index (κ1) is 33.5. The summed E-state index contributed by atoms with van der Waals surface area (Å²) in [5.74, 6) is -0.575. The van der Waals surface area contributed by atoms with Gasteiger partial charge in [0, 0.05) is 19.6 Å². The van der Waals surface area contributed by atoms with Gasteiger partial charge in [-0.15, -0.1) is 0 Å². The van der Waals surface area contributed by atoms with Crippen LogP contribution in [0.4, 0.5) is 0 Å². The number of ether oxygens (including phenoxy) is 4. The zero-order valence-electron chi connectivity index (χ0n) is 23.7. The Bertz CT molecular complexity index is 677. The highest BCUT2D eigenvalue weighted by molar-refractivity contribution is 6.73. The Kier molecular flexibility index (Phi) is 17.1. The van der Waals surface area contributed by atoms with E-state index in [1.807, 2.05) is 19.1 Å². The van der Waals surface area contributed by atoms with Gasteiger partial charge in [-0.3, -0.25) is 4.79 Å². The molecular weight excluding hydrogens is 464 g/mol. The van der Waals surface area contributed by atoms with E-state index in [0.29, 0.717) is 25.0 Å². The van der Waals surface area contributed by atoms with Gasteiger partial charge in [-0.2, -0.15) is 0 Å². The standard InChI is InChI=1S/C27H50O7Si/c1-10-31-26(29)23(6)15-14-19-27(8,33-21-30-9)25(34-35(11-2,12-3)13-4)17-16-22(5)18-20-32-24(7)28/h15,18,25H,10-14,16-17,19-21H2,1-9H3/b22-18+,23-15+/t25-,27+/m1/s1. The summed E-state index contributed by atoms with van der Waals surface area (Å²) in [7, 11) is -0.313. The fourth-order valence-corrected chi connectivity index (χ4v) is 6.95. The van der Waals surface area contributed by atoms with Crippen molar-refractivity contribution >= 4 is 20.3 Å². The van der Waals surface area contributed by atoms with Crippen molar-refractivity contribution in [3.63, 3.8) is 0 Å². The Balaban J connectivity index is 5.84. The summed E-state index contributed by atoms with van der Waals surface area (Å²) in [5.41, 5.74) is 1.14. The highest BCUT2D eigenvalue weighted by Crippen LogP contribution is 2.34. The molecule has 0 amide bonds. The van der Waals surface area contributed by atoms with Crippen LogP contribution in [0.25, 0.3) is 0 Å². The minimum Gasteiger partial charge on any atom is -0.463 e. The van der Waals surface area contributed by atoms with Crippen LogP contribution in [-0.2, 0) is 33.0 Å². The molecule has 0 aliphatic rings. The van der Waals surface area contributed by atoms with Crippen LogP contribution < -0.4 is 0 Å². The van der Waals surface area contributed by atoms with Crippen molar-refractivity contribution in [2.75, 3.05) is 27.1 Å². The van der Waals surface area contributed by atoms with Gasteiger partial charge in [-0.05, 0) is 77.6 Å². The maximum Gasteiger partial charge on any atom is 0.333 e. The highest BCUT2D eigenvalue weighted by Gasteiger charge is 2.41. The van der Waals surface area contributed by atoms with Crippen LogP contribution in [0.3, 0.4) is 0 Å². The first-order chi connectivity index (χ1) is 16.5. The van der Waals surface area contributed by atoms with Gasteiger partial charge in [-0.25, -0.2) is 4.79 Å². The number of methoxy groups -OCH3 is 1. The number of esters is 2. The van der Waals surface area contributed by atoms with Crippen LogP contribution in [0.5, 0.6) is 0 Å². The van der Waals surface area contributed by atoms with E-state index in [2.05, 4.69) is 27.7 Å². The maximum atomic E-state index is 12.0. The number of carbonyl (C=O) groups is 2. The minimum absolute atomic E-state index is 0.141. The third kappa shape index (κ3) is 12.9. The molecule has 0 rings (SSSR count). The summed E-state index contributed by atoms with van der Waals surface area (Å²) in [5, 5.41) is 0. The summed E-state index contributed by atoms with van der Waals surface area (Å²) in [4.78, 5) is 23.1. The number of allylic oxidation sites excluding steroid dienone is 2. The van der Waals surface area contributed by atoms with E-state index in [-0.39, 0.29) is 31.4 Å². The predicted molar refractivity (Wildman–Crippen MR) is 143 cm³/mol. The Labute approximate surface area is 214 Å². The summed E-state index contributed by atoms with van der Waals surface area (Å²) < 4.78 is 28.8. The molecule has 0 aromatic heterocycles. The van der Waals surface area contributed by atoms with Gasteiger partial charge in [-0.1, -0.05) is 32.4 Å². The molecule has 0 unspecified atom stereocenters. The van der Waals surface area contributed by atoms with E-state index in [4.69, 9.17) is 23.4 Å². The third-order valence-electron chi connectivity index (χ3n) is 6.72. The fourth-order valence-electron chi connectivity index (χ4n) is 3.98. The molecule has 0 heterocycles. The maximum absolute atomic E-state index is 12.0. The zero-order valence-corrected chi connectivity index (χ0v) is 24.7. The molecule has 0 aromatic rings. The molecule has 0 aliphatic carbocycles. The zero-order chi connectivity index (χ0) is 26.9. The van der Waals surface area contributed by atoms with Gasteiger partial charge in [0.05, 0.1) is 18.3 Å². The van der Waals surface area contributed by atoms with Gasteiger partial charge in [0.2, 0.25) is 0 Å². The molecule has 0 N–H and O–H groups in total. The first-order valence-corrected chi connectivity index (χ1v) is 15.5.